The number of carbonyl (C=O) groups excluding carboxylic acids is 1. The second-order valence-electron chi connectivity index (χ2n) is 7.07. The maximum absolute atomic E-state index is 12.2. The summed E-state index contributed by atoms with van der Waals surface area (Å²) < 4.78 is 5.44. The molecule has 1 amide bonds. The Bertz CT molecular complexity index is 369. The number of nitrogens with zero attached hydrogens (tertiary/aromatic N) is 1. The predicted molar refractivity (Wildman–Crippen MR) is 62.6 cm³/mol. The molecule has 4 heteroatoms. The van der Waals surface area contributed by atoms with Crippen molar-refractivity contribution in [2.75, 3.05) is 6.54 Å². The van der Waals surface area contributed by atoms with Gasteiger partial charge in [0.15, 0.2) is 0 Å². The van der Waals surface area contributed by atoms with Gasteiger partial charge in [-0.15, -0.1) is 0 Å². The number of rotatable bonds is 0. The lowest BCUT2D eigenvalue weighted by atomic mass is 10.0. The van der Waals surface area contributed by atoms with Gasteiger partial charge >= 0.3 is 6.09 Å². The number of amides is 1. The molecule has 1 heterocycles. The van der Waals surface area contributed by atoms with E-state index in [-0.39, 0.29) is 17.7 Å². The van der Waals surface area contributed by atoms with Gasteiger partial charge in [-0.3, -0.25) is 4.90 Å². The third-order valence-electron chi connectivity index (χ3n) is 4.29. The normalized spacial score (nSPS) is 37.6. The van der Waals surface area contributed by atoms with Gasteiger partial charge in [0.05, 0.1) is 11.6 Å². The number of ether oxygens (including phenoxy) is 1. The summed E-state index contributed by atoms with van der Waals surface area (Å²) in [5.74, 6) is 0. The Kier molecular flexibility index (Phi) is 1.98. The molecule has 96 valence electrons. The number of likely N-dealkylation sites (tertiary alicyclic amines) is 1. The fourth-order valence-corrected chi connectivity index (χ4v) is 3.12. The van der Waals surface area contributed by atoms with E-state index < -0.39 is 5.60 Å². The van der Waals surface area contributed by atoms with Crippen molar-refractivity contribution in [1.29, 1.82) is 0 Å². The van der Waals surface area contributed by atoms with Gasteiger partial charge in [-0.1, -0.05) is 0 Å². The predicted octanol–water partition coefficient (Wildman–Crippen LogP) is 1.91. The van der Waals surface area contributed by atoms with Crippen molar-refractivity contribution in [2.45, 2.75) is 63.7 Å². The van der Waals surface area contributed by atoms with E-state index in [1.165, 1.54) is 12.8 Å². The molecule has 1 aliphatic heterocycles. The number of hydrogen-bond acceptors (Lipinski definition) is 3. The van der Waals surface area contributed by atoms with Crippen molar-refractivity contribution in [3.8, 4) is 0 Å². The van der Waals surface area contributed by atoms with Crippen LogP contribution in [0.15, 0.2) is 0 Å². The number of carbonyl (C=O) groups is 1. The van der Waals surface area contributed by atoms with Gasteiger partial charge in [-0.2, -0.15) is 0 Å². The Labute approximate surface area is 102 Å². The van der Waals surface area contributed by atoms with Crippen molar-refractivity contribution in [1.82, 2.24) is 4.90 Å². The standard InChI is InChI=1S/C13H21NO3/c1-11(2,3)17-10(16)14-8-12(4-5-12)7-13(14)6-9(13)15/h9,15H,4-8H2,1-3H3/t9-,13?/m1/s1. The largest absolute Gasteiger partial charge is 0.444 e. The molecular weight excluding hydrogens is 218 g/mol. The molecule has 2 saturated carbocycles. The highest BCUT2D eigenvalue weighted by molar-refractivity contribution is 5.71. The molecule has 0 radical (unpaired) electrons. The summed E-state index contributed by atoms with van der Waals surface area (Å²) >= 11 is 0. The van der Waals surface area contributed by atoms with Crippen LogP contribution in [0.4, 0.5) is 4.79 Å². The number of aliphatic hydroxyl groups is 1. The van der Waals surface area contributed by atoms with E-state index in [2.05, 4.69) is 0 Å². The fraction of sp³-hybridized carbons (Fsp3) is 0.923. The van der Waals surface area contributed by atoms with E-state index in [1.807, 2.05) is 20.8 Å². The van der Waals surface area contributed by atoms with Crippen LogP contribution in [-0.4, -0.2) is 39.9 Å². The van der Waals surface area contributed by atoms with Gasteiger partial charge in [0, 0.05) is 13.0 Å². The summed E-state index contributed by atoms with van der Waals surface area (Å²) in [5.41, 5.74) is -0.426. The molecule has 1 saturated heterocycles. The second-order valence-corrected chi connectivity index (χ2v) is 7.07. The highest BCUT2D eigenvalue weighted by Crippen LogP contribution is 2.65. The van der Waals surface area contributed by atoms with E-state index in [0.717, 1.165) is 19.4 Å². The second kappa shape index (κ2) is 2.97. The summed E-state index contributed by atoms with van der Waals surface area (Å²) in [4.78, 5) is 14.0. The van der Waals surface area contributed by atoms with Crippen LogP contribution in [0.25, 0.3) is 0 Å². The van der Waals surface area contributed by atoms with E-state index in [1.54, 1.807) is 4.90 Å². The van der Waals surface area contributed by atoms with E-state index >= 15 is 0 Å². The van der Waals surface area contributed by atoms with Gasteiger partial charge in [-0.25, -0.2) is 4.79 Å². The van der Waals surface area contributed by atoms with Crippen LogP contribution >= 0.6 is 0 Å². The third-order valence-corrected chi connectivity index (χ3v) is 4.29. The van der Waals surface area contributed by atoms with E-state index in [0.29, 0.717) is 5.41 Å². The Morgan fingerprint density at radius 1 is 1.41 bits per heavy atom. The molecule has 17 heavy (non-hydrogen) atoms. The summed E-state index contributed by atoms with van der Waals surface area (Å²) in [7, 11) is 0. The lowest BCUT2D eigenvalue weighted by Gasteiger charge is -2.28. The van der Waals surface area contributed by atoms with Crippen LogP contribution in [0.2, 0.25) is 0 Å². The minimum atomic E-state index is -0.461. The molecule has 2 aliphatic carbocycles. The number of aliphatic hydroxyl groups excluding tert-OH is 1. The van der Waals surface area contributed by atoms with Gasteiger partial charge in [-0.05, 0) is 45.4 Å². The Balaban J connectivity index is 1.76. The highest BCUT2D eigenvalue weighted by atomic mass is 16.6. The van der Waals surface area contributed by atoms with Crippen molar-refractivity contribution < 1.29 is 14.6 Å². The molecule has 1 N–H and O–H groups in total. The minimum Gasteiger partial charge on any atom is -0.444 e. The van der Waals surface area contributed by atoms with Crippen molar-refractivity contribution in [2.24, 2.45) is 5.41 Å². The third kappa shape index (κ3) is 1.73. The van der Waals surface area contributed by atoms with Crippen LogP contribution in [-0.2, 0) is 4.74 Å². The van der Waals surface area contributed by atoms with Crippen molar-refractivity contribution in [3.63, 3.8) is 0 Å². The zero-order chi connectivity index (χ0) is 12.5. The van der Waals surface area contributed by atoms with Gasteiger partial charge in [0.1, 0.15) is 5.60 Å². The first-order chi connectivity index (χ1) is 7.77. The minimum absolute atomic E-state index is 0.252. The van der Waals surface area contributed by atoms with Crippen LogP contribution < -0.4 is 0 Å². The zero-order valence-corrected chi connectivity index (χ0v) is 10.8. The molecule has 0 aromatic rings. The lowest BCUT2D eigenvalue weighted by Crippen LogP contribution is -2.43. The molecular formula is C13H21NO3. The highest BCUT2D eigenvalue weighted by Gasteiger charge is 2.70. The topological polar surface area (TPSA) is 49.8 Å². The average molecular weight is 239 g/mol. The van der Waals surface area contributed by atoms with Crippen LogP contribution in [0.5, 0.6) is 0 Å². The van der Waals surface area contributed by atoms with Gasteiger partial charge < -0.3 is 9.84 Å². The lowest BCUT2D eigenvalue weighted by molar-refractivity contribution is 0.0151. The van der Waals surface area contributed by atoms with Gasteiger partial charge in [0.2, 0.25) is 0 Å². The average Bonchev–Trinajstić information content (AvgIpc) is 2.97. The molecule has 3 aliphatic rings. The van der Waals surface area contributed by atoms with Crippen molar-refractivity contribution in [3.05, 3.63) is 0 Å². The van der Waals surface area contributed by atoms with Gasteiger partial charge in [0.25, 0.3) is 0 Å². The van der Waals surface area contributed by atoms with E-state index in [9.17, 15) is 9.90 Å². The summed E-state index contributed by atoms with van der Waals surface area (Å²) in [6.45, 7) is 6.41. The molecule has 0 aromatic heterocycles. The first-order valence-corrected chi connectivity index (χ1v) is 6.45. The SMILES string of the molecule is CC(C)(C)OC(=O)N1CC2(CC2)CC12C[C@H]2O. The number of hydrogen-bond donors (Lipinski definition) is 1. The fourth-order valence-electron chi connectivity index (χ4n) is 3.12. The van der Waals surface area contributed by atoms with Crippen molar-refractivity contribution >= 4 is 6.09 Å². The quantitative estimate of drug-likeness (QED) is 0.702. The van der Waals surface area contributed by atoms with E-state index in [4.69, 9.17) is 4.74 Å². The van der Waals surface area contributed by atoms with Crippen LogP contribution in [0.1, 0.15) is 46.5 Å². The van der Waals surface area contributed by atoms with Crippen LogP contribution in [0, 0.1) is 5.41 Å². The molecule has 3 fully saturated rings. The smallest absolute Gasteiger partial charge is 0.410 e. The molecule has 3 rings (SSSR count). The van der Waals surface area contributed by atoms with Crippen LogP contribution in [0.3, 0.4) is 0 Å². The Hall–Kier alpha value is -0.770. The summed E-state index contributed by atoms with van der Waals surface area (Å²) in [5, 5.41) is 9.85. The molecule has 0 aromatic carbocycles. The summed E-state index contributed by atoms with van der Waals surface area (Å²) in [6, 6.07) is 0. The maximum atomic E-state index is 12.2. The zero-order valence-electron chi connectivity index (χ0n) is 10.8. The molecule has 4 nitrogen and oxygen atoms in total. The first kappa shape index (κ1) is 11.3. The first-order valence-electron chi connectivity index (χ1n) is 6.45. The molecule has 1 unspecified atom stereocenters. The molecule has 0 bridgehead atoms. The molecule has 2 atom stereocenters. The Morgan fingerprint density at radius 3 is 2.41 bits per heavy atom. The molecule has 2 spiro atoms. The monoisotopic (exact) mass is 239 g/mol. The summed E-state index contributed by atoms with van der Waals surface area (Å²) in [6.07, 6.45) is 3.50. The Morgan fingerprint density at radius 2 is 2.00 bits per heavy atom. The maximum Gasteiger partial charge on any atom is 0.410 e.